The van der Waals surface area contributed by atoms with Crippen molar-refractivity contribution in [3.63, 3.8) is 0 Å². The number of methoxy groups -OCH3 is 1. The molecule has 0 saturated carbocycles. The zero-order chi connectivity index (χ0) is 15.1. The lowest BCUT2D eigenvalue weighted by Gasteiger charge is -2.17. The largest absolute Gasteiger partial charge is 0.497 e. The lowest BCUT2D eigenvalue weighted by Crippen LogP contribution is -2.22. The Bertz CT molecular complexity index is 587. The summed E-state index contributed by atoms with van der Waals surface area (Å²) >= 11 is 0. The molecule has 0 bridgehead atoms. The van der Waals surface area contributed by atoms with Crippen LogP contribution < -0.4 is 10.1 Å². The topological polar surface area (TPSA) is 46.0 Å². The van der Waals surface area contributed by atoms with Crippen LogP contribution in [-0.4, -0.2) is 26.2 Å². The van der Waals surface area contributed by atoms with Gasteiger partial charge in [0.2, 0.25) is 0 Å². The number of hydrogen-bond donors (Lipinski definition) is 1. The first-order valence-electron chi connectivity index (χ1n) is 6.96. The third-order valence-electron chi connectivity index (χ3n) is 3.32. The summed E-state index contributed by atoms with van der Waals surface area (Å²) in [7, 11) is 1.66. The summed E-state index contributed by atoms with van der Waals surface area (Å²) < 4.78 is 5.28. The maximum atomic E-state index is 5.28. The van der Waals surface area contributed by atoms with Gasteiger partial charge in [-0.05, 0) is 37.8 Å². The van der Waals surface area contributed by atoms with Crippen LogP contribution in [0.25, 0.3) is 0 Å². The molecule has 1 N–H and O–H groups in total. The van der Waals surface area contributed by atoms with E-state index >= 15 is 0 Å². The molecule has 4 nitrogen and oxygen atoms in total. The number of benzene rings is 1. The highest BCUT2D eigenvalue weighted by atomic mass is 16.5. The monoisotopic (exact) mass is 283 g/mol. The van der Waals surface area contributed by atoms with Crippen molar-refractivity contribution in [3.05, 3.63) is 53.6 Å². The van der Waals surface area contributed by atoms with Crippen molar-refractivity contribution in [2.45, 2.75) is 19.5 Å². The van der Waals surface area contributed by atoms with E-state index in [9.17, 15) is 0 Å². The maximum absolute atomic E-state index is 5.28. The molecule has 1 atom stereocenters. The van der Waals surface area contributed by atoms with E-state index in [0.29, 0.717) is 5.84 Å². The van der Waals surface area contributed by atoms with Crippen molar-refractivity contribution in [2.75, 3.05) is 13.7 Å². The average Bonchev–Trinajstić information content (AvgIpc) is 3.04. The van der Waals surface area contributed by atoms with Crippen LogP contribution in [0.4, 0.5) is 0 Å². The number of nitrogens with zero attached hydrogens (tertiary/aromatic N) is 2. The molecule has 0 radical (unpaired) electrons. The van der Waals surface area contributed by atoms with Crippen LogP contribution in [0.15, 0.2) is 58.1 Å². The van der Waals surface area contributed by atoms with Crippen molar-refractivity contribution in [1.82, 2.24) is 5.32 Å². The van der Waals surface area contributed by atoms with Crippen LogP contribution >= 0.6 is 0 Å². The minimum atomic E-state index is -0.160. The van der Waals surface area contributed by atoms with E-state index in [1.165, 1.54) is 5.57 Å². The molecule has 1 aromatic carbocycles. The molecule has 110 valence electrons. The molecule has 0 heterocycles. The molecule has 1 unspecified atom stereocenters. The second-order valence-corrected chi connectivity index (χ2v) is 4.85. The van der Waals surface area contributed by atoms with Gasteiger partial charge in [-0.25, -0.2) is 9.98 Å². The molecule has 0 fully saturated rings. The van der Waals surface area contributed by atoms with Gasteiger partial charge in [-0.1, -0.05) is 35.9 Å². The van der Waals surface area contributed by atoms with Gasteiger partial charge in [-0.2, -0.15) is 0 Å². The molecule has 0 spiro atoms. The first kappa shape index (κ1) is 15.2. The number of rotatable bonds is 6. The fraction of sp³-hybridized carbons (Fsp3) is 0.294. The molecular formula is C17H21N3O. The second kappa shape index (κ2) is 7.55. The summed E-state index contributed by atoms with van der Waals surface area (Å²) in [6, 6.07) is 7.90. The Hall–Kier alpha value is -2.20. The van der Waals surface area contributed by atoms with Crippen molar-refractivity contribution in [2.24, 2.45) is 9.98 Å². The van der Waals surface area contributed by atoms with E-state index < -0.39 is 0 Å². The summed E-state index contributed by atoms with van der Waals surface area (Å²) in [6.07, 6.45) is 7.21. The van der Waals surface area contributed by atoms with Gasteiger partial charge in [0.05, 0.1) is 7.11 Å². The quantitative estimate of drug-likeness (QED) is 0.643. The van der Waals surface area contributed by atoms with Gasteiger partial charge in [0.25, 0.3) is 0 Å². The third-order valence-corrected chi connectivity index (χ3v) is 3.32. The number of amidine groups is 1. The van der Waals surface area contributed by atoms with Gasteiger partial charge < -0.3 is 4.74 Å². The molecule has 2 rings (SSSR count). The summed E-state index contributed by atoms with van der Waals surface area (Å²) in [5.74, 6) is 1.48. The molecule has 21 heavy (non-hydrogen) atoms. The Balaban J connectivity index is 2.16. The summed E-state index contributed by atoms with van der Waals surface area (Å²) in [5.41, 5.74) is 2.39. The Kier molecular flexibility index (Phi) is 5.46. The zero-order valence-electron chi connectivity index (χ0n) is 12.5. The predicted molar refractivity (Wildman–Crippen MR) is 88.2 cm³/mol. The maximum Gasteiger partial charge on any atom is 0.128 e. The lowest BCUT2D eigenvalue weighted by molar-refractivity contribution is 0.413. The van der Waals surface area contributed by atoms with Crippen molar-refractivity contribution in [1.29, 1.82) is 0 Å². The van der Waals surface area contributed by atoms with E-state index in [2.05, 4.69) is 40.2 Å². The predicted octanol–water partition coefficient (Wildman–Crippen LogP) is 3.29. The standard InChI is InChI=1S/C17H21N3O/c1-13(18-2)20-17(19-12-14-7-4-5-8-14)15-9-6-10-16(11-15)21-3/h4-7,9-11,17,19H,2,8,12H2,1,3H3/b20-13-. The number of hydrogen-bond acceptors (Lipinski definition) is 3. The number of nitrogens with one attached hydrogen (secondary N) is 1. The molecule has 1 aliphatic rings. The fourth-order valence-corrected chi connectivity index (χ4v) is 2.13. The summed E-state index contributed by atoms with van der Waals surface area (Å²) in [6.45, 7) is 6.16. The number of ether oxygens (including phenoxy) is 1. The van der Waals surface area contributed by atoms with Gasteiger partial charge in [0.1, 0.15) is 17.8 Å². The highest BCUT2D eigenvalue weighted by Crippen LogP contribution is 2.21. The smallest absolute Gasteiger partial charge is 0.128 e. The van der Waals surface area contributed by atoms with Crippen molar-refractivity contribution < 1.29 is 4.74 Å². The first-order chi connectivity index (χ1) is 10.2. The van der Waals surface area contributed by atoms with Crippen LogP contribution in [0.5, 0.6) is 5.75 Å². The van der Waals surface area contributed by atoms with Gasteiger partial charge >= 0.3 is 0 Å². The van der Waals surface area contributed by atoms with Crippen LogP contribution in [0.2, 0.25) is 0 Å². The summed E-state index contributed by atoms with van der Waals surface area (Å²) in [4.78, 5) is 8.45. The fourth-order valence-electron chi connectivity index (χ4n) is 2.13. The number of allylic oxidation sites excluding steroid dienone is 3. The van der Waals surface area contributed by atoms with Crippen LogP contribution in [-0.2, 0) is 0 Å². The van der Waals surface area contributed by atoms with E-state index in [-0.39, 0.29) is 6.17 Å². The van der Waals surface area contributed by atoms with Gasteiger partial charge in [-0.15, -0.1) is 0 Å². The van der Waals surface area contributed by atoms with Crippen LogP contribution in [0.3, 0.4) is 0 Å². The molecule has 0 amide bonds. The minimum absolute atomic E-state index is 0.160. The van der Waals surface area contributed by atoms with Gasteiger partial charge in [-0.3, -0.25) is 5.32 Å². The van der Waals surface area contributed by atoms with E-state index in [1.807, 2.05) is 31.2 Å². The third kappa shape index (κ3) is 4.39. The Labute approximate surface area is 126 Å². The molecular weight excluding hydrogens is 262 g/mol. The highest BCUT2D eigenvalue weighted by Gasteiger charge is 2.12. The van der Waals surface area contributed by atoms with Crippen LogP contribution in [0, 0.1) is 0 Å². The van der Waals surface area contributed by atoms with E-state index in [0.717, 1.165) is 24.3 Å². The molecule has 4 heteroatoms. The Morgan fingerprint density at radius 2 is 2.33 bits per heavy atom. The molecule has 0 aliphatic heterocycles. The lowest BCUT2D eigenvalue weighted by atomic mass is 10.1. The van der Waals surface area contributed by atoms with E-state index in [1.54, 1.807) is 7.11 Å². The molecule has 0 saturated heterocycles. The molecule has 0 aromatic heterocycles. The minimum Gasteiger partial charge on any atom is -0.497 e. The second-order valence-electron chi connectivity index (χ2n) is 4.85. The van der Waals surface area contributed by atoms with Crippen molar-refractivity contribution in [3.8, 4) is 5.75 Å². The Morgan fingerprint density at radius 1 is 1.48 bits per heavy atom. The molecule has 1 aliphatic carbocycles. The van der Waals surface area contributed by atoms with Crippen LogP contribution in [0.1, 0.15) is 25.1 Å². The van der Waals surface area contributed by atoms with Gasteiger partial charge in [0.15, 0.2) is 0 Å². The van der Waals surface area contributed by atoms with E-state index in [4.69, 9.17) is 4.74 Å². The first-order valence-corrected chi connectivity index (χ1v) is 6.96. The Morgan fingerprint density at radius 3 is 3.00 bits per heavy atom. The van der Waals surface area contributed by atoms with Crippen molar-refractivity contribution >= 4 is 12.6 Å². The average molecular weight is 283 g/mol. The SMILES string of the molecule is C=N/C(C)=N\C(NCC1=CC=CC1)c1cccc(OC)c1. The summed E-state index contributed by atoms with van der Waals surface area (Å²) in [5, 5.41) is 3.46. The number of aliphatic imine (C=N–C) groups is 2. The molecule has 1 aromatic rings. The normalized spacial score (nSPS) is 15.7. The highest BCUT2D eigenvalue weighted by molar-refractivity contribution is 5.83. The van der Waals surface area contributed by atoms with Gasteiger partial charge in [0, 0.05) is 6.54 Å². The zero-order valence-corrected chi connectivity index (χ0v) is 12.5.